The van der Waals surface area contributed by atoms with Crippen LogP contribution < -0.4 is 10.2 Å². The molecular weight excluding hydrogens is 184 g/mol. The van der Waals surface area contributed by atoms with Crippen molar-refractivity contribution in [3.63, 3.8) is 0 Å². The van der Waals surface area contributed by atoms with Crippen LogP contribution >= 0.6 is 0 Å². The van der Waals surface area contributed by atoms with Gasteiger partial charge in [0, 0.05) is 24.8 Å². The summed E-state index contributed by atoms with van der Waals surface area (Å²) in [6, 6.07) is 9.51. The predicted octanol–water partition coefficient (Wildman–Crippen LogP) is 2.18. The Bertz CT molecular complexity index is 314. The first-order chi connectivity index (χ1) is 7.29. The maximum absolute atomic E-state index is 3.36. The summed E-state index contributed by atoms with van der Waals surface area (Å²) < 4.78 is 0. The third kappa shape index (κ3) is 2.51. The highest BCUT2D eigenvalue weighted by Crippen LogP contribution is 2.20. The first-order valence-electron chi connectivity index (χ1n) is 5.78. The standard InChI is InChI=1S/C13H20N2/c1-11-4-3-5-13(10-11)15-8-6-12(14-2)7-9-15/h3-5,10,12,14H,6-9H2,1-2H3. The Kier molecular flexibility index (Phi) is 3.27. The van der Waals surface area contributed by atoms with Crippen molar-refractivity contribution in [2.75, 3.05) is 25.0 Å². The largest absolute Gasteiger partial charge is 0.371 e. The van der Waals surface area contributed by atoms with Crippen molar-refractivity contribution in [1.82, 2.24) is 5.32 Å². The average Bonchev–Trinajstić information content (AvgIpc) is 2.29. The molecule has 0 aliphatic carbocycles. The lowest BCUT2D eigenvalue weighted by atomic mass is 10.0. The second-order valence-corrected chi connectivity index (χ2v) is 4.39. The molecule has 1 N–H and O–H groups in total. The molecule has 2 rings (SSSR count). The average molecular weight is 204 g/mol. The molecule has 1 aliphatic rings. The molecule has 1 aromatic carbocycles. The van der Waals surface area contributed by atoms with Crippen molar-refractivity contribution in [3.05, 3.63) is 29.8 Å². The molecular formula is C13H20N2. The molecule has 1 fully saturated rings. The van der Waals surface area contributed by atoms with Gasteiger partial charge < -0.3 is 10.2 Å². The molecule has 2 heteroatoms. The Morgan fingerprint density at radius 2 is 2.00 bits per heavy atom. The first-order valence-corrected chi connectivity index (χ1v) is 5.78. The van der Waals surface area contributed by atoms with Gasteiger partial charge in [-0.3, -0.25) is 0 Å². The van der Waals surface area contributed by atoms with Gasteiger partial charge in [0.25, 0.3) is 0 Å². The summed E-state index contributed by atoms with van der Waals surface area (Å²) in [4.78, 5) is 2.49. The van der Waals surface area contributed by atoms with Gasteiger partial charge in [-0.25, -0.2) is 0 Å². The highest BCUT2D eigenvalue weighted by atomic mass is 15.1. The second-order valence-electron chi connectivity index (χ2n) is 4.39. The number of hydrogen-bond acceptors (Lipinski definition) is 2. The van der Waals surface area contributed by atoms with Crippen LogP contribution in [-0.4, -0.2) is 26.2 Å². The van der Waals surface area contributed by atoms with Gasteiger partial charge in [0.15, 0.2) is 0 Å². The third-order valence-electron chi connectivity index (χ3n) is 3.27. The molecule has 0 radical (unpaired) electrons. The maximum atomic E-state index is 3.36. The predicted molar refractivity (Wildman–Crippen MR) is 65.5 cm³/mol. The van der Waals surface area contributed by atoms with E-state index in [1.54, 1.807) is 0 Å². The van der Waals surface area contributed by atoms with E-state index in [0.717, 1.165) is 0 Å². The lowest BCUT2D eigenvalue weighted by Gasteiger charge is -2.33. The number of benzene rings is 1. The van der Waals surface area contributed by atoms with Crippen molar-refractivity contribution >= 4 is 5.69 Å². The fourth-order valence-electron chi connectivity index (χ4n) is 2.25. The number of hydrogen-bond donors (Lipinski definition) is 1. The molecule has 1 heterocycles. The van der Waals surface area contributed by atoms with E-state index >= 15 is 0 Å². The number of nitrogens with zero attached hydrogens (tertiary/aromatic N) is 1. The number of nitrogens with one attached hydrogen (secondary N) is 1. The van der Waals surface area contributed by atoms with Crippen molar-refractivity contribution in [3.8, 4) is 0 Å². The van der Waals surface area contributed by atoms with Gasteiger partial charge in [-0.1, -0.05) is 12.1 Å². The molecule has 15 heavy (non-hydrogen) atoms. The Morgan fingerprint density at radius 3 is 2.60 bits per heavy atom. The fourth-order valence-corrected chi connectivity index (χ4v) is 2.25. The lowest BCUT2D eigenvalue weighted by molar-refractivity contribution is 0.442. The van der Waals surface area contributed by atoms with Crippen LogP contribution in [0.2, 0.25) is 0 Å². The highest BCUT2D eigenvalue weighted by Gasteiger charge is 2.17. The van der Waals surface area contributed by atoms with Crippen LogP contribution in [0.15, 0.2) is 24.3 Å². The minimum atomic E-state index is 0.714. The molecule has 0 amide bonds. The van der Waals surface area contributed by atoms with Crippen molar-refractivity contribution in [2.24, 2.45) is 0 Å². The fraction of sp³-hybridized carbons (Fsp3) is 0.538. The SMILES string of the molecule is CNC1CCN(c2cccc(C)c2)CC1. The highest BCUT2D eigenvalue weighted by molar-refractivity contribution is 5.48. The number of rotatable bonds is 2. The topological polar surface area (TPSA) is 15.3 Å². The summed E-state index contributed by atoms with van der Waals surface area (Å²) in [5, 5.41) is 3.36. The molecule has 0 atom stereocenters. The van der Waals surface area contributed by atoms with E-state index in [4.69, 9.17) is 0 Å². The molecule has 2 nitrogen and oxygen atoms in total. The summed E-state index contributed by atoms with van der Waals surface area (Å²) in [5.41, 5.74) is 2.73. The zero-order chi connectivity index (χ0) is 10.7. The molecule has 1 aliphatic heterocycles. The summed E-state index contributed by atoms with van der Waals surface area (Å²) in [7, 11) is 2.06. The first kappa shape index (κ1) is 10.5. The zero-order valence-electron chi connectivity index (χ0n) is 9.66. The van der Waals surface area contributed by atoms with E-state index in [-0.39, 0.29) is 0 Å². The van der Waals surface area contributed by atoms with Crippen LogP contribution in [0.4, 0.5) is 5.69 Å². The quantitative estimate of drug-likeness (QED) is 0.794. The Balaban J connectivity index is 2.01. The van der Waals surface area contributed by atoms with Gasteiger partial charge in [0.1, 0.15) is 0 Å². The van der Waals surface area contributed by atoms with E-state index in [2.05, 4.69) is 48.5 Å². The van der Waals surface area contributed by atoms with E-state index in [0.29, 0.717) is 6.04 Å². The zero-order valence-corrected chi connectivity index (χ0v) is 9.66. The van der Waals surface area contributed by atoms with Gasteiger partial charge >= 0.3 is 0 Å². The number of piperidine rings is 1. The van der Waals surface area contributed by atoms with Crippen LogP contribution in [0.3, 0.4) is 0 Å². The summed E-state index contributed by atoms with van der Waals surface area (Å²) in [6.07, 6.45) is 2.51. The minimum absolute atomic E-state index is 0.714. The van der Waals surface area contributed by atoms with Gasteiger partial charge in [-0.15, -0.1) is 0 Å². The van der Waals surface area contributed by atoms with Crippen molar-refractivity contribution in [2.45, 2.75) is 25.8 Å². The maximum Gasteiger partial charge on any atom is 0.0368 e. The monoisotopic (exact) mass is 204 g/mol. The third-order valence-corrected chi connectivity index (χ3v) is 3.27. The van der Waals surface area contributed by atoms with Gasteiger partial charge in [0.05, 0.1) is 0 Å². The molecule has 82 valence electrons. The molecule has 1 saturated heterocycles. The Hall–Kier alpha value is -1.02. The minimum Gasteiger partial charge on any atom is -0.371 e. The molecule has 0 spiro atoms. The number of aryl methyl sites for hydroxylation is 1. The van der Waals surface area contributed by atoms with Crippen LogP contribution in [0.1, 0.15) is 18.4 Å². The Labute approximate surface area is 92.3 Å². The molecule has 0 aromatic heterocycles. The summed E-state index contributed by atoms with van der Waals surface area (Å²) >= 11 is 0. The van der Waals surface area contributed by atoms with Crippen LogP contribution in [-0.2, 0) is 0 Å². The smallest absolute Gasteiger partial charge is 0.0368 e. The normalized spacial score (nSPS) is 18.1. The van der Waals surface area contributed by atoms with Crippen LogP contribution in [0.25, 0.3) is 0 Å². The molecule has 0 unspecified atom stereocenters. The Morgan fingerprint density at radius 1 is 1.27 bits per heavy atom. The van der Waals surface area contributed by atoms with E-state index in [1.165, 1.54) is 37.2 Å². The van der Waals surface area contributed by atoms with Crippen LogP contribution in [0, 0.1) is 6.92 Å². The van der Waals surface area contributed by atoms with E-state index < -0.39 is 0 Å². The summed E-state index contributed by atoms with van der Waals surface area (Å²) in [6.45, 7) is 4.51. The van der Waals surface area contributed by atoms with Gasteiger partial charge in [0.2, 0.25) is 0 Å². The van der Waals surface area contributed by atoms with Gasteiger partial charge in [-0.05, 0) is 44.5 Å². The van der Waals surface area contributed by atoms with Gasteiger partial charge in [-0.2, -0.15) is 0 Å². The number of anilines is 1. The lowest BCUT2D eigenvalue weighted by Crippen LogP contribution is -2.41. The molecule has 1 aromatic rings. The second kappa shape index (κ2) is 4.67. The molecule has 0 bridgehead atoms. The molecule has 0 saturated carbocycles. The van der Waals surface area contributed by atoms with Crippen molar-refractivity contribution < 1.29 is 0 Å². The summed E-state index contributed by atoms with van der Waals surface area (Å²) in [5.74, 6) is 0. The van der Waals surface area contributed by atoms with Crippen molar-refractivity contribution in [1.29, 1.82) is 0 Å². The van der Waals surface area contributed by atoms with E-state index in [9.17, 15) is 0 Å². The van der Waals surface area contributed by atoms with Crippen LogP contribution in [0.5, 0.6) is 0 Å². The van der Waals surface area contributed by atoms with E-state index in [1.807, 2.05) is 0 Å².